The van der Waals surface area contributed by atoms with Gasteiger partial charge in [0.2, 0.25) is 0 Å². The number of pyridine rings is 2. The summed E-state index contributed by atoms with van der Waals surface area (Å²) in [5.74, 6) is 0.134. The van der Waals surface area contributed by atoms with Gasteiger partial charge in [-0.05, 0) is 42.1 Å². The Morgan fingerprint density at radius 3 is 2.88 bits per heavy atom. The Morgan fingerprint density at radius 1 is 1.23 bits per heavy atom. The van der Waals surface area contributed by atoms with Gasteiger partial charge < -0.3 is 13.7 Å². The third kappa shape index (κ3) is 2.56. The van der Waals surface area contributed by atoms with Gasteiger partial charge >= 0.3 is 5.97 Å². The van der Waals surface area contributed by atoms with Crippen LogP contribution in [0.15, 0.2) is 58.1 Å². The number of nitrogens with zero attached hydrogens (tertiary/aromatic N) is 2. The highest BCUT2D eigenvalue weighted by Crippen LogP contribution is 2.27. The molecule has 0 N–H and O–H groups in total. The molecule has 0 amide bonds. The Morgan fingerprint density at radius 2 is 2.08 bits per heavy atom. The number of fused-ring (bicyclic) bond motifs is 2. The number of rotatable bonds is 3. The maximum Gasteiger partial charge on any atom is 0.341 e. The Labute approximate surface area is 148 Å². The molecule has 0 aliphatic carbocycles. The van der Waals surface area contributed by atoms with Gasteiger partial charge in [0.05, 0.1) is 19.0 Å². The Kier molecular flexibility index (Phi) is 3.80. The van der Waals surface area contributed by atoms with Crippen molar-refractivity contribution in [3.05, 3.63) is 76.2 Å². The first-order valence-electron chi connectivity index (χ1n) is 8.12. The lowest BCUT2D eigenvalue weighted by Crippen LogP contribution is -2.19. The van der Waals surface area contributed by atoms with E-state index in [4.69, 9.17) is 9.15 Å². The molecule has 0 unspecified atom stereocenters. The lowest BCUT2D eigenvalue weighted by atomic mass is 10.1. The molecule has 130 valence electrons. The number of methoxy groups -OCH3 is 1. The fourth-order valence-corrected chi connectivity index (χ4v) is 3.07. The van der Waals surface area contributed by atoms with E-state index in [1.165, 1.54) is 7.11 Å². The van der Waals surface area contributed by atoms with Crippen LogP contribution < -0.4 is 5.56 Å². The number of ether oxygens (including phenoxy) is 1. The van der Waals surface area contributed by atoms with Gasteiger partial charge in [-0.15, -0.1) is 0 Å². The zero-order valence-electron chi connectivity index (χ0n) is 14.4. The normalized spacial score (nSPS) is 11.2. The molecule has 6 nitrogen and oxygen atoms in total. The highest BCUT2D eigenvalue weighted by molar-refractivity contribution is 6.03. The average molecular weight is 348 g/mol. The van der Waals surface area contributed by atoms with Crippen molar-refractivity contribution in [2.75, 3.05) is 7.11 Å². The summed E-state index contributed by atoms with van der Waals surface area (Å²) in [7, 11) is 1.33. The highest BCUT2D eigenvalue weighted by Gasteiger charge is 2.17. The lowest BCUT2D eigenvalue weighted by Gasteiger charge is -2.05. The van der Waals surface area contributed by atoms with Gasteiger partial charge in [-0.2, -0.15) is 0 Å². The van der Waals surface area contributed by atoms with E-state index in [0.717, 1.165) is 16.3 Å². The molecule has 0 spiro atoms. The largest absolute Gasteiger partial charge is 0.465 e. The monoisotopic (exact) mass is 348 g/mol. The second-order valence-electron chi connectivity index (χ2n) is 6.09. The molecule has 4 rings (SSSR count). The second-order valence-corrected chi connectivity index (χ2v) is 6.09. The zero-order chi connectivity index (χ0) is 18.3. The predicted octanol–water partition coefficient (Wildman–Crippen LogP) is 3.29. The summed E-state index contributed by atoms with van der Waals surface area (Å²) in [6, 6.07) is 9.06. The van der Waals surface area contributed by atoms with Crippen molar-refractivity contribution in [1.82, 2.24) is 9.55 Å². The number of benzene rings is 1. The van der Waals surface area contributed by atoms with E-state index in [9.17, 15) is 9.59 Å². The van der Waals surface area contributed by atoms with Gasteiger partial charge in [0.15, 0.2) is 0 Å². The van der Waals surface area contributed by atoms with E-state index in [1.54, 1.807) is 35.3 Å². The minimum Gasteiger partial charge on any atom is -0.465 e. The number of furan rings is 1. The van der Waals surface area contributed by atoms with Crippen LogP contribution in [0.5, 0.6) is 0 Å². The quantitative estimate of drug-likeness (QED) is 0.531. The maximum atomic E-state index is 12.6. The molecule has 6 heteroatoms. The summed E-state index contributed by atoms with van der Waals surface area (Å²) >= 11 is 0. The molecular weight excluding hydrogens is 332 g/mol. The number of aryl methyl sites for hydroxylation is 1. The molecular formula is C20H16N2O4. The summed E-state index contributed by atoms with van der Waals surface area (Å²) in [5.41, 5.74) is 1.69. The Hall–Kier alpha value is -3.41. The molecule has 0 saturated heterocycles. The van der Waals surface area contributed by atoms with Crippen LogP contribution in [0.1, 0.15) is 21.7 Å². The smallest absolute Gasteiger partial charge is 0.341 e. The number of carbonyl (C=O) groups excluding carboxylic acids is 1. The SMILES string of the molecule is COC(=O)c1ccc(C)c2cc(Cn3ccc4ccncc4c3=O)oc12. The van der Waals surface area contributed by atoms with Crippen molar-refractivity contribution in [3.63, 3.8) is 0 Å². The molecule has 0 fully saturated rings. The van der Waals surface area contributed by atoms with E-state index in [1.807, 2.05) is 25.1 Å². The first-order valence-corrected chi connectivity index (χ1v) is 8.12. The number of hydrogen-bond acceptors (Lipinski definition) is 5. The van der Waals surface area contributed by atoms with Crippen LogP contribution in [0, 0.1) is 6.92 Å². The first-order chi connectivity index (χ1) is 12.6. The minimum absolute atomic E-state index is 0.138. The van der Waals surface area contributed by atoms with Gasteiger partial charge in [-0.3, -0.25) is 9.78 Å². The van der Waals surface area contributed by atoms with Crippen molar-refractivity contribution < 1.29 is 13.9 Å². The van der Waals surface area contributed by atoms with Crippen molar-refractivity contribution in [2.24, 2.45) is 0 Å². The maximum absolute atomic E-state index is 12.6. The average Bonchev–Trinajstić information content (AvgIpc) is 3.08. The standard InChI is InChI=1S/C20H16N2O4/c1-12-3-4-15(20(24)25-2)18-16(12)9-14(26-18)11-22-8-6-13-5-7-21-10-17(13)19(22)23/h3-10H,11H2,1-2H3. The molecule has 4 aromatic rings. The number of esters is 1. The van der Waals surface area contributed by atoms with Gasteiger partial charge in [-0.1, -0.05) is 6.07 Å². The second kappa shape index (κ2) is 6.15. The van der Waals surface area contributed by atoms with E-state index < -0.39 is 5.97 Å². The van der Waals surface area contributed by atoms with Crippen LogP contribution in [-0.2, 0) is 11.3 Å². The summed E-state index contributed by atoms with van der Waals surface area (Å²) in [6.07, 6.45) is 4.95. The minimum atomic E-state index is -0.454. The lowest BCUT2D eigenvalue weighted by molar-refractivity contribution is 0.0601. The molecule has 0 saturated carbocycles. The van der Waals surface area contributed by atoms with E-state index in [0.29, 0.717) is 22.3 Å². The molecule has 1 aromatic carbocycles. The molecule has 0 bridgehead atoms. The molecule has 3 heterocycles. The Balaban J connectivity index is 1.81. The predicted molar refractivity (Wildman–Crippen MR) is 97.4 cm³/mol. The van der Waals surface area contributed by atoms with Crippen molar-refractivity contribution in [3.8, 4) is 0 Å². The summed E-state index contributed by atoms with van der Waals surface area (Å²) < 4.78 is 12.3. The van der Waals surface area contributed by atoms with E-state index in [-0.39, 0.29) is 12.1 Å². The number of aromatic nitrogens is 2. The van der Waals surface area contributed by atoms with Crippen molar-refractivity contribution in [2.45, 2.75) is 13.5 Å². The van der Waals surface area contributed by atoms with Crippen LogP contribution in [0.25, 0.3) is 21.7 Å². The van der Waals surface area contributed by atoms with E-state index >= 15 is 0 Å². The van der Waals surface area contributed by atoms with Crippen molar-refractivity contribution >= 4 is 27.7 Å². The molecule has 26 heavy (non-hydrogen) atoms. The van der Waals surface area contributed by atoms with Gasteiger partial charge in [-0.25, -0.2) is 4.79 Å². The third-order valence-electron chi connectivity index (χ3n) is 4.46. The van der Waals surface area contributed by atoms with Crippen LogP contribution >= 0.6 is 0 Å². The van der Waals surface area contributed by atoms with Gasteiger partial charge in [0.25, 0.3) is 5.56 Å². The number of carbonyl (C=O) groups is 1. The van der Waals surface area contributed by atoms with E-state index in [2.05, 4.69) is 4.98 Å². The fourth-order valence-electron chi connectivity index (χ4n) is 3.07. The van der Waals surface area contributed by atoms with Gasteiger partial charge in [0, 0.05) is 24.0 Å². The first kappa shape index (κ1) is 16.1. The van der Waals surface area contributed by atoms with Crippen molar-refractivity contribution in [1.29, 1.82) is 0 Å². The fraction of sp³-hybridized carbons (Fsp3) is 0.150. The molecule has 0 aliphatic rings. The Bertz CT molecular complexity index is 1200. The number of hydrogen-bond donors (Lipinski definition) is 0. The summed E-state index contributed by atoms with van der Waals surface area (Å²) in [6.45, 7) is 2.20. The zero-order valence-corrected chi connectivity index (χ0v) is 14.4. The topological polar surface area (TPSA) is 74.3 Å². The third-order valence-corrected chi connectivity index (χ3v) is 4.46. The molecule has 0 radical (unpaired) electrons. The summed E-state index contributed by atoms with van der Waals surface area (Å²) in [5, 5.41) is 2.23. The molecule has 0 atom stereocenters. The van der Waals surface area contributed by atoms with Gasteiger partial charge in [0.1, 0.15) is 16.9 Å². The van der Waals surface area contributed by atoms with Crippen LogP contribution in [0.3, 0.4) is 0 Å². The van der Waals surface area contributed by atoms with Crippen LogP contribution in [0.4, 0.5) is 0 Å². The molecule has 3 aromatic heterocycles. The van der Waals surface area contributed by atoms with Crippen LogP contribution in [-0.4, -0.2) is 22.6 Å². The van der Waals surface area contributed by atoms with Crippen LogP contribution in [0.2, 0.25) is 0 Å². The molecule has 0 aliphatic heterocycles. The summed E-state index contributed by atoms with van der Waals surface area (Å²) in [4.78, 5) is 28.6. The highest BCUT2D eigenvalue weighted by atomic mass is 16.5.